The summed E-state index contributed by atoms with van der Waals surface area (Å²) in [5.41, 5.74) is 0.883. The van der Waals surface area contributed by atoms with Gasteiger partial charge in [0.05, 0.1) is 12.2 Å². The van der Waals surface area contributed by atoms with Crippen molar-refractivity contribution in [2.75, 3.05) is 0 Å². The van der Waals surface area contributed by atoms with E-state index in [1.165, 1.54) is 51.4 Å². The van der Waals surface area contributed by atoms with Gasteiger partial charge in [-0.2, -0.15) is 0 Å². The molecule has 0 radical (unpaired) electrons. The first-order chi connectivity index (χ1) is 13.3. The molecule has 0 aromatic carbocycles. The van der Waals surface area contributed by atoms with Gasteiger partial charge in [-0.1, -0.05) is 41.5 Å². The summed E-state index contributed by atoms with van der Waals surface area (Å²) in [5, 5.41) is 15.0. The minimum atomic E-state index is -1.81. The van der Waals surface area contributed by atoms with Gasteiger partial charge in [-0.3, -0.25) is 0 Å². The van der Waals surface area contributed by atoms with Crippen molar-refractivity contribution in [2.45, 2.75) is 105 Å². The van der Waals surface area contributed by atoms with E-state index < -0.39 is 12.3 Å². The van der Waals surface area contributed by atoms with Gasteiger partial charge in [-0.25, -0.2) is 19.4 Å². The largest absolute Gasteiger partial charge is 0.516 e. The molecule has 0 bridgehead atoms. The molecule has 29 heavy (non-hydrogen) atoms. The SMILES string of the molecule is CC(C)(C)C1CCC(OOC2CCC(C(C)(C)C)CC2)CC1.O=C(O)OC(=O)O. The van der Waals surface area contributed by atoms with Crippen molar-refractivity contribution in [1.82, 2.24) is 0 Å². The van der Waals surface area contributed by atoms with E-state index in [9.17, 15) is 9.59 Å². The van der Waals surface area contributed by atoms with E-state index in [0.717, 1.165) is 11.8 Å². The van der Waals surface area contributed by atoms with E-state index in [0.29, 0.717) is 23.0 Å². The third kappa shape index (κ3) is 10.3. The van der Waals surface area contributed by atoms with Gasteiger partial charge in [0.2, 0.25) is 0 Å². The highest BCUT2D eigenvalue weighted by molar-refractivity contribution is 5.74. The van der Waals surface area contributed by atoms with Crippen LogP contribution in [-0.4, -0.2) is 34.7 Å². The molecule has 0 unspecified atom stereocenters. The summed E-state index contributed by atoms with van der Waals surface area (Å²) >= 11 is 0. The molecular formula is C22H40O7. The van der Waals surface area contributed by atoms with Crippen LogP contribution in [-0.2, 0) is 14.5 Å². The van der Waals surface area contributed by atoms with Crippen LogP contribution in [0.2, 0.25) is 0 Å². The zero-order valence-electron chi connectivity index (χ0n) is 18.9. The predicted molar refractivity (Wildman–Crippen MR) is 110 cm³/mol. The van der Waals surface area contributed by atoms with Crippen molar-refractivity contribution >= 4 is 12.3 Å². The highest BCUT2D eigenvalue weighted by Crippen LogP contribution is 2.40. The molecule has 2 N–H and O–H groups in total. The maximum atomic E-state index is 9.21. The Balaban J connectivity index is 0.000000516. The summed E-state index contributed by atoms with van der Waals surface area (Å²) in [6.07, 6.45) is 6.85. The van der Waals surface area contributed by atoms with Crippen LogP contribution in [0, 0.1) is 22.7 Å². The normalized spacial score (nSPS) is 28.1. The number of rotatable bonds is 3. The lowest BCUT2D eigenvalue weighted by atomic mass is 9.72. The second-order valence-corrected chi connectivity index (χ2v) is 10.5. The molecule has 0 saturated heterocycles. The summed E-state index contributed by atoms with van der Waals surface area (Å²) in [6, 6.07) is 0. The first-order valence-corrected chi connectivity index (χ1v) is 10.7. The summed E-state index contributed by atoms with van der Waals surface area (Å²) in [5.74, 6) is 1.68. The topological polar surface area (TPSA) is 102 Å². The van der Waals surface area contributed by atoms with E-state index in [-0.39, 0.29) is 0 Å². The number of hydrogen-bond donors (Lipinski definition) is 2. The van der Waals surface area contributed by atoms with Crippen LogP contribution in [0.4, 0.5) is 9.59 Å². The Morgan fingerprint density at radius 1 is 0.621 bits per heavy atom. The predicted octanol–water partition coefficient (Wildman–Crippen LogP) is 6.50. The van der Waals surface area contributed by atoms with Gasteiger partial charge < -0.3 is 14.9 Å². The Kier molecular flexibility index (Phi) is 9.89. The molecule has 2 aliphatic rings. The summed E-state index contributed by atoms with van der Waals surface area (Å²) in [6.45, 7) is 14.2. The minimum absolute atomic E-state index is 0.332. The Morgan fingerprint density at radius 3 is 1.07 bits per heavy atom. The third-order valence-electron chi connectivity index (χ3n) is 6.30. The van der Waals surface area contributed by atoms with Crippen molar-refractivity contribution in [1.29, 1.82) is 0 Å². The molecule has 170 valence electrons. The first-order valence-electron chi connectivity index (χ1n) is 10.7. The monoisotopic (exact) mass is 416 g/mol. The van der Waals surface area contributed by atoms with Crippen LogP contribution >= 0.6 is 0 Å². The van der Waals surface area contributed by atoms with Gasteiger partial charge in [0.25, 0.3) is 0 Å². The first kappa shape index (κ1) is 25.7. The van der Waals surface area contributed by atoms with Crippen molar-refractivity contribution < 1.29 is 34.3 Å². The number of hydrogen-bond acceptors (Lipinski definition) is 5. The van der Waals surface area contributed by atoms with E-state index in [1.54, 1.807) is 0 Å². The molecule has 7 heteroatoms. The fraction of sp³-hybridized carbons (Fsp3) is 0.909. The molecule has 0 aliphatic heterocycles. The fourth-order valence-electron chi connectivity index (χ4n) is 4.28. The van der Waals surface area contributed by atoms with Gasteiger partial charge in [0.15, 0.2) is 0 Å². The molecule has 0 atom stereocenters. The summed E-state index contributed by atoms with van der Waals surface area (Å²) in [4.78, 5) is 30.0. The Labute approximate surface area is 175 Å². The zero-order valence-corrected chi connectivity index (χ0v) is 18.9. The summed E-state index contributed by atoms with van der Waals surface area (Å²) < 4.78 is 3.08. The molecule has 0 spiro atoms. The second kappa shape index (κ2) is 11.2. The second-order valence-electron chi connectivity index (χ2n) is 10.5. The lowest BCUT2D eigenvalue weighted by molar-refractivity contribution is -0.360. The number of ether oxygens (including phenoxy) is 1. The Bertz CT molecular complexity index is 456. The lowest BCUT2D eigenvalue weighted by Gasteiger charge is -2.38. The molecule has 2 aliphatic carbocycles. The molecule has 2 fully saturated rings. The molecular weight excluding hydrogens is 376 g/mol. The number of carbonyl (C=O) groups is 2. The van der Waals surface area contributed by atoms with Gasteiger partial charge >= 0.3 is 12.3 Å². The average Bonchev–Trinajstić information content (AvgIpc) is 2.58. The summed E-state index contributed by atoms with van der Waals surface area (Å²) in [7, 11) is 0. The standard InChI is InChI=1S/C20H38O2.C2H2O5/c1-19(2,3)15-7-11-17(12-8-15)21-22-18-13-9-16(10-14-18)20(4,5)6;3-1(4)7-2(5)6/h15-18H,7-14H2,1-6H3;(H,3,4)(H,5,6). The minimum Gasteiger partial charge on any atom is -0.449 e. The maximum absolute atomic E-state index is 9.21. The molecule has 7 nitrogen and oxygen atoms in total. The third-order valence-corrected chi connectivity index (χ3v) is 6.30. The van der Waals surface area contributed by atoms with Gasteiger partial charge in [0, 0.05) is 0 Å². The van der Waals surface area contributed by atoms with Crippen LogP contribution in [0.1, 0.15) is 92.9 Å². The lowest BCUT2D eigenvalue weighted by Crippen LogP contribution is -2.32. The Morgan fingerprint density at radius 2 is 0.897 bits per heavy atom. The van der Waals surface area contributed by atoms with E-state index in [1.807, 2.05) is 0 Å². The van der Waals surface area contributed by atoms with Crippen LogP contribution < -0.4 is 0 Å². The molecule has 0 aromatic heterocycles. The smallest absolute Gasteiger partial charge is 0.449 e. The zero-order chi connectivity index (χ0) is 22.2. The van der Waals surface area contributed by atoms with E-state index in [2.05, 4.69) is 46.3 Å². The molecule has 2 rings (SSSR count). The highest BCUT2D eigenvalue weighted by atomic mass is 17.2. The van der Waals surface area contributed by atoms with E-state index >= 15 is 0 Å². The van der Waals surface area contributed by atoms with E-state index in [4.69, 9.17) is 20.0 Å². The van der Waals surface area contributed by atoms with Gasteiger partial charge in [-0.15, -0.1) is 0 Å². The van der Waals surface area contributed by atoms with Crippen LogP contribution in [0.25, 0.3) is 0 Å². The molecule has 0 heterocycles. The molecule has 0 amide bonds. The van der Waals surface area contributed by atoms with Crippen LogP contribution in [0.15, 0.2) is 0 Å². The van der Waals surface area contributed by atoms with Crippen LogP contribution in [0.5, 0.6) is 0 Å². The Hall–Kier alpha value is -1.34. The molecule has 0 aromatic rings. The average molecular weight is 417 g/mol. The van der Waals surface area contributed by atoms with Crippen molar-refractivity contribution in [3.8, 4) is 0 Å². The molecule has 2 saturated carbocycles. The van der Waals surface area contributed by atoms with Crippen molar-refractivity contribution in [3.05, 3.63) is 0 Å². The quantitative estimate of drug-likeness (QED) is 0.234. The van der Waals surface area contributed by atoms with Gasteiger partial charge in [0.1, 0.15) is 0 Å². The van der Waals surface area contributed by atoms with Crippen molar-refractivity contribution in [3.63, 3.8) is 0 Å². The fourth-order valence-corrected chi connectivity index (χ4v) is 4.28. The van der Waals surface area contributed by atoms with Crippen LogP contribution in [0.3, 0.4) is 0 Å². The number of carboxylic acid groups (broad SMARTS) is 2. The maximum Gasteiger partial charge on any atom is 0.516 e. The van der Waals surface area contributed by atoms with Crippen molar-refractivity contribution in [2.24, 2.45) is 22.7 Å². The van der Waals surface area contributed by atoms with Gasteiger partial charge in [-0.05, 0) is 74.0 Å². The highest BCUT2D eigenvalue weighted by Gasteiger charge is 2.33.